The van der Waals surface area contributed by atoms with Gasteiger partial charge in [-0.1, -0.05) is 84.9 Å². The zero-order valence-corrected chi connectivity index (χ0v) is 30.1. The van der Waals surface area contributed by atoms with Gasteiger partial charge in [0.2, 0.25) is 0 Å². The molecule has 4 aromatic rings. The summed E-state index contributed by atoms with van der Waals surface area (Å²) in [7, 11) is 1.44. The van der Waals surface area contributed by atoms with E-state index in [1.807, 2.05) is 67.6 Å². The van der Waals surface area contributed by atoms with Crippen molar-refractivity contribution in [2.45, 2.75) is 18.7 Å². The lowest BCUT2D eigenvalue weighted by Gasteiger charge is -2.10. The molecule has 0 aliphatic heterocycles. The average Bonchev–Trinajstić information content (AvgIpc) is 3.14. The monoisotopic (exact) mass is 748 g/mol. The average molecular weight is 749 g/mol. The van der Waals surface area contributed by atoms with E-state index in [1.165, 1.54) is 7.11 Å². The van der Waals surface area contributed by atoms with Crippen molar-refractivity contribution < 1.29 is 58.0 Å². The second-order valence-electron chi connectivity index (χ2n) is 10.0. The van der Waals surface area contributed by atoms with Crippen LogP contribution in [0.2, 0.25) is 0 Å². The molecule has 0 heterocycles. The van der Waals surface area contributed by atoms with E-state index >= 15 is 0 Å². The first-order valence-electron chi connectivity index (χ1n) is 15.0. The highest BCUT2D eigenvalue weighted by Gasteiger charge is 2.16. The minimum atomic E-state index is -1.26. The molecule has 12 nitrogen and oxygen atoms in total. The highest BCUT2D eigenvalue weighted by atomic mass is 32.2. The van der Waals surface area contributed by atoms with Gasteiger partial charge in [-0.25, -0.2) is 24.1 Å². The summed E-state index contributed by atoms with van der Waals surface area (Å²) < 4.78 is 9.57. The van der Waals surface area contributed by atoms with Crippen molar-refractivity contribution in [2.75, 3.05) is 13.4 Å². The van der Waals surface area contributed by atoms with Gasteiger partial charge in [-0.15, -0.1) is 4.33 Å². The van der Waals surface area contributed by atoms with Crippen LogP contribution < -0.4 is 4.89 Å². The molecule has 14 heteroatoms. The molecule has 0 aliphatic carbocycles. The van der Waals surface area contributed by atoms with Crippen molar-refractivity contribution >= 4 is 70.3 Å². The minimum absolute atomic E-state index is 0.287. The Kier molecular flexibility index (Phi) is 18.8. The molecule has 4 aromatic carbocycles. The summed E-state index contributed by atoms with van der Waals surface area (Å²) in [6, 6.07) is 32.7. The van der Waals surface area contributed by atoms with Crippen LogP contribution in [0.3, 0.4) is 0 Å². The van der Waals surface area contributed by atoms with Crippen LogP contribution in [0.5, 0.6) is 5.75 Å². The fourth-order valence-corrected chi connectivity index (χ4v) is 4.85. The molecule has 0 unspecified atom stereocenters. The Balaban J connectivity index is 0.000000299. The first kappa shape index (κ1) is 42.5. The van der Waals surface area contributed by atoms with Crippen molar-refractivity contribution in [3.63, 3.8) is 0 Å². The van der Waals surface area contributed by atoms with E-state index in [2.05, 4.69) is 4.89 Å². The topological polar surface area (TPSA) is 186 Å². The Labute approximate surface area is 308 Å². The van der Waals surface area contributed by atoms with E-state index in [9.17, 15) is 29.4 Å². The Bertz CT molecular complexity index is 1720. The number of benzene rings is 4. The van der Waals surface area contributed by atoms with Crippen molar-refractivity contribution in [2.24, 2.45) is 0 Å². The van der Waals surface area contributed by atoms with Gasteiger partial charge in [0.1, 0.15) is 0 Å². The lowest BCUT2D eigenvalue weighted by atomic mass is 9.96. The fraction of sp³-hybridized carbons (Fsp3) is 0.105. The predicted molar refractivity (Wildman–Crippen MR) is 200 cm³/mol. The van der Waals surface area contributed by atoms with Crippen molar-refractivity contribution in [3.8, 4) is 5.75 Å². The molecular formula is C38H36O12S2. The molecule has 4 rings (SSSR count). The summed E-state index contributed by atoms with van der Waals surface area (Å²) in [5, 5.41) is 34.7. The third kappa shape index (κ3) is 14.7. The largest absolute Gasteiger partial charge is 0.478 e. The van der Waals surface area contributed by atoms with Crippen LogP contribution in [0.15, 0.2) is 126 Å². The van der Waals surface area contributed by atoms with E-state index in [0.29, 0.717) is 45.7 Å². The smallest absolute Gasteiger partial charge is 0.336 e. The quantitative estimate of drug-likeness (QED) is 0.0317. The van der Waals surface area contributed by atoms with Crippen LogP contribution in [-0.2, 0) is 32.7 Å². The Morgan fingerprint density at radius 1 is 0.558 bits per heavy atom. The van der Waals surface area contributed by atoms with Crippen LogP contribution in [0.4, 0.5) is 0 Å². The number of allylic oxidation sites excluding steroid dienone is 2. The van der Waals surface area contributed by atoms with E-state index in [4.69, 9.17) is 23.8 Å². The van der Waals surface area contributed by atoms with Crippen LogP contribution in [-0.4, -0.2) is 57.7 Å². The number of rotatable bonds is 14. The fourth-order valence-electron chi connectivity index (χ4n) is 4.31. The van der Waals surface area contributed by atoms with Gasteiger partial charge in [0.15, 0.2) is 5.75 Å². The lowest BCUT2D eigenvalue weighted by Crippen LogP contribution is -2.02. The zero-order valence-electron chi connectivity index (χ0n) is 28.4. The maximum Gasteiger partial charge on any atom is 0.336 e. The number of carboxylic acid groups (broad SMARTS) is 4. The summed E-state index contributed by atoms with van der Waals surface area (Å²) in [4.78, 5) is 52.8. The first-order valence-corrected chi connectivity index (χ1v) is 16.9. The summed E-state index contributed by atoms with van der Waals surface area (Å²) in [5.74, 6) is -3.85. The van der Waals surface area contributed by atoms with Gasteiger partial charge in [-0.05, 0) is 71.5 Å². The predicted octanol–water partition coefficient (Wildman–Crippen LogP) is 8.29. The van der Waals surface area contributed by atoms with E-state index < -0.39 is 23.9 Å². The third-order valence-electron chi connectivity index (χ3n) is 6.64. The Morgan fingerprint density at radius 3 is 1.31 bits per heavy atom. The van der Waals surface area contributed by atoms with Gasteiger partial charge in [0.25, 0.3) is 0 Å². The standard InChI is InChI=1S/2C17H16O4S.C4H4O4/c1-12(13-8-10-15(11-9-13)20-21-22-2)16(17(18)19)14-6-4-3-5-7-14;1-12(13-8-10-15(11-9-13)22-21-20-2)16(17(18)19)14-6-4-3-5-7-14;5-3(6)1-2-4(7)8/h2*3-11H,1-2H3,(H,18,19);1-2H,(H,5,6)(H,7,8)/b2*16-12+;2-1+. The maximum absolute atomic E-state index is 11.6. The van der Waals surface area contributed by atoms with E-state index in [1.54, 1.807) is 61.7 Å². The van der Waals surface area contributed by atoms with E-state index in [-0.39, 0.29) is 5.57 Å². The van der Waals surface area contributed by atoms with Crippen molar-refractivity contribution in [1.29, 1.82) is 0 Å². The van der Waals surface area contributed by atoms with Gasteiger partial charge in [0, 0.05) is 35.3 Å². The molecule has 0 fully saturated rings. The summed E-state index contributed by atoms with van der Waals surface area (Å²) in [5.41, 5.74) is 5.02. The number of hydrogen-bond donors (Lipinski definition) is 4. The van der Waals surface area contributed by atoms with E-state index in [0.717, 1.165) is 40.1 Å². The van der Waals surface area contributed by atoms with Gasteiger partial charge in [-0.3, -0.25) is 0 Å². The molecular weight excluding hydrogens is 713 g/mol. The SMILES string of the molecule is COOSc1ccc(/C(C)=C(/C(=O)O)c2ccccc2)cc1.CSOOc1ccc(/C(C)=C(/C(=O)O)c2ccccc2)cc1.O=C(O)/C=C/C(=O)O. The second kappa shape index (κ2) is 23.0. The molecule has 0 atom stereocenters. The zero-order chi connectivity index (χ0) is 38.5. The number of carboxylic acids is 4. The highest BCUT2D eigenvalue weighted by molar-refractivity contribution is 7.94. The molecule has 52 heavy (non-hydrogen) atoms. The molecule has 0 radical (unpaired) electrons. The Hall–Kier alpha value is -5.64. The Morgan fingerprint density at radius 2 is 0.962 bits per heavy atom. The van der Waals surface area contributed by atoms with Gasteiger partial charge < -0.3 is 25.3 Å². The molecule has 0 aliphatic rings. The summed E-state index contributed by atoms with van der Waals surface area (Å²) in [6.07, 6.45) is 2.87. The molecule has 272 valence electrons. The van der Waals surface area contributed by atoms with Gasteiger partial charge in [-0.2, -0.15) is 4.33 Å². The van der Waals surface area contributed by atoms with Crippen LogP contribution in [0.1, 0.15) is 36.1 Å². The van der Waals surface area contributed by atoms with Crippen LogP contribution in [0, 0.1) is 0 Å². The molecule has 4 N–H and O–H groups in total. The number of aliphatic carboxylic acids is 4. The highest BCUT2D eigenvalue weighted by Crippen LogP contribution is 2.29. The summed E-state index contributed by atoms with van der Waals surface area (Å²) >= 11 is 2.20. The minimum Gasteiger partial charge on any atom is -0.478 e. The second-order valence-corrected chi connectivity index (χ2v) is 11.3. The molecule has 0 amide bonds. The number of hydrogen-bond acceptors (Lipinski definition) is 10. The lowest BCUT2D eigenvalue weighted by molar-refractivity contribution is -0.160. The van der Waals surface area contributed by atoms with Crippen LogP contribution in [0.25, 0.3) is 22.3 Å². The normalized spacial score (nSPS) is 11.5. The maximum atomic E-state index is 11.6. The van der Waals surface area contributed by atoms with Gasteiger partial charge in [0.05, 0.1) is 30.3 Å². The third-order valence-corrected chi connectivity index (χ3v) is 7.52. The molecule has 0 saturated carbocycles. The first-order chi connectivity index (χ1) is 24.9. The summed E-state index contributed by atoms with van der Waals surface area (Å²) in [6.45, 7) is 3.61. The molecule has 0 bridgehead atoms. The number of carbonyl (C=O) groups is 4. The van der Waals surface area contributed by atoms with Gasteiger partial charge >= 0.3 is 23.9 Å². The van der Waals surface area contributed by atoms with Crippen molar-refractivity contribution in [3.05, 3.63) is 144 Å². The molecule has 0 saturated heterocycles. The van der Waals surface area contributed by atoms with Crippen LogP contribution >= 0.6 is 24.1 Å². The van der Waals surface area contributed by atoms with Crippen molar-refractivity contribution in [1.82, 2.24) is 0 Å². The molecule has 0 spiro atoms. The molecule has 0 aromatic heterocycles.